The van der Waals surface area contributed by atoms with E-state index in [1.807, 2.05) is 13.8 Å². The van der Waals surface area contributed by atoms with Crippen molar-refractivity contribution in [2.45, 2.75) is 44.7 Å². The number of amides is 2. The molecule has 2 amide bonds. The van der Waals surface area contributed by atoms with Gasteiger partial charge in [-0.15, -0.1) is 11.3 Å². The molecule has 0 bridgehead atoms. The Morgan fingerprint density at radius 3 is 2.18 bits per heavy atom. The van der Waals surface area contributed by atoms with Crippen molar-refractivity contribution in [2.24, 2.45) is 5.10 Å². The average Bonchev–Trinajstić information content (AvgIpc) is 3.21. The van der Waals surface area contributed by atoms with E-state index in [1.165, 1.54) is 35.7 Å². The molecule has 0 unspecified atom stereocenters. The molecule has 0 radical (unpaired) electrons. The van der Waals surface area contributed by atoms with Gasteiger partial charge in [-0.1, -0.05) is 26.0 Å². The largest absolute Gasteiger partial charge is 0.460 e. The average molecular weight is 497 g/mol. The molecule has 0 saturated carbocycles. The molecule has 2 rings (SSSR count). The number of benzene rings is 1. The van der Waals surface area contributed by atoms with Crippen molar-refractivity contribution in [1.82, 2.24) is 5.43 Å². The number of rotatable bonds is 7. The number of carbonyl (C=O) groups is 2. The molecule has 0 aliphatic heterocycles. The normalized spacial score (nSPS) is 13.2. The second-order valence-electron chi connectivity index (χ2n) is 7.21. The van der Waals surface area contributed by atoms with Crippen molar-refractivity contribution >= 4 is 34.6 Å². The van der Waals surface area contributed by atoms with Crippen molar-refractivity contribution in [1.29, 1.82) is 0 Å². The van der Waals surface area contributed by atoms with Gasteiger partial charge in [0, 0.05) is 15.9 Å². The van der Waals surface area contributed by atoms with Gasteiger partial charge < -0.3 is 5.32 Å². The van der Waals surface area contributed by atoms with Crippen LogP contribution in [-0.4, -0.2) is 35.5 Å². The monoisotopic (exact) mass is 497 g/mol. The Kier molecular flexibility index (Phi) is 7.56. The van der Waals surface area contributed by atoms with E-state index in [9.17, 15) is 40.3 Å². The number of hydrazone groups is 1. The van der Waals surface area contributed by atoms with Crippen molar-refractivity contribution in [3.63, 3.8) is 0 Å². The van der Waals surface area contributed by atoms with Crippen LogP contribution in [0.2, 0.25) is 0 Å². The first-order valence-electron chi connectivity index (χ1n) is 9.25. The van der Waals surface area contributed by atoms with Crippen molar-refractivity contribution in [2.75, 3.05) is 5.32 Å². The number of alkyl halides is 7. The van der Waals surface area contributed by atoms with Crippen molar-refractivity contribution < 1.29 is 40.3 Å². The summed E-state index contributed by atoms with van der Waals surface area (Å²) in [6.45, 7) is 5.34. The molecule has 0 aliphatic rings. The van der Waals surface area contributed by atoms with Gasteiger partial charge in [-0.05, 0) is 36.6 Å². The molecule has 2 N–H and O–H groups in total. The Balaban J connectivity index is 2.14. The fraction of sp³-hybridized carbons (Fsp3) is 0.350. The summed E-state index contributed by atoms with van der Waals surface area (Å²) in [5.74, 6) is -15.7. The predicted molar refractivity (Wildman–Crippen MR) is 109 cm³/mol. The summed E-state index contributed by atoms with van der Waals surface area (Å²) in [5, 5.41) is 6.85. The fourth-order valence-electron chi connectivity index (χ4n) is 2.39. The van der Waals surface area contributed by atoms with Gasteiger partial charge >= 0.3 is 23.9 Å². The first kappa shape index (κ1) is 26.3. The zero-order valence-electron chi connectivity index (χ0n) is 17.4. The van der Waals surface area contributed by atoms with Crippen LogP contribution in [0, 0.1) is 0 Å². The number of nitrogens with zero attached hydrogens (tertiary/aromatic N) is 1. The van der Waals surface area contributed by atoms with Crippen LogP contribution in [0.4, 0.5) is 36.4 Å². The summed E-state index contributed by atoms with van der Waals surface area (Å²) in [4.78, 5) is 24.7. The Morgan fingerprint density at radius 2 is 1.64 bits per heavy atom. The Hall–Kier alpha value is -2.96. The topological polar surface area (TPSA) is 70.6 Å². The lowest BCUT2D eigenvalue weighted by molar-refractivity contribution is -0.343. The number of carbonyl (C=O) groups excluding carboxylic acids is 2. The molecular weight excluding hydrogens is 479 g/mol. The molecule has 1 heterocycles. The number of hydrogen-bond donors (Lipinski definition) is 2. The summed E-state index contributed by atoms with van der Waals surface area (Å²) in [5.41, 5.74) is 2.51. The van der Waals surface area contributed by atoms with E-state index in [-0.39, 0.29) is 17.2 Å². The Labute approximate surface area is 187 Å². The quantitative estimate of drug-likeness (QED) is 0.289. The molecule has 1 aromatic heterocycles. The van der Waals surface area contributed by atoms with Gasteiger partial charge in [-0.3, -0.25) is 9.59 Å². The van der Waals surface area contributed by atoms with Gasteiger partial charge in [0.05, 0.1) is 11.3 Å². The molecule has 0 spiro atoms. The van der Waals surface area contributed by atoms with Crippen LogP contribution in [0.15, 0.2) is 40.8 Å². The number of thiophene rings is 1. The van der Waals surface area contributed by atoms with Crippen LogP contribution < -0.4 is 10.7 Å². The maximum Gasteiger partial charge on any atom is 0.460 e. The van der Waals surface area contributed by atoms with Crippen LogP contribution in [0.3, 0.4) is 0 Å². The van der Waals surface area contributed by atoms with E-state index in [1.54, 1.807) is 11.4 Å². The highest BCUT2D eigenvalue weighted by atomic mass is 32.1. The SMILES string of the molecule is C/C(=N\NC(=O)c1csc(C(C)C)c1)c1cccc(NC(=O)C(F)(F)C(F)(F)C(F)(F)F)c1. The van der Waals surface area contributed by atoms with Crippen molar-refractivity contribution in [3.8, 4) is 0 Å². The zero-order valence-corrected chi connectivity index (χ0v) is 18.2. The summed E-state index contributed by atoms with van der Waals surface area (Å²) in [7, 11) is 0. The van der Waals surface area contributed by atoms with E-state index < -0.39 is 35.5 Å². The van der Waals surface area contributed by atoms with Crippen molar-refractivity contribution in [3.05, 3.63) is 51.7 Å². The van der Waals surface area contributed by atoms with Crippen LogP contribution in [-0.2, 0) is 4.79 Å². The molecule has 13 heteroatoms. The molecule has 5 nitrogen and oxygen atoms in total. The maximum atomic E-state index is 13.5. The highest BCUT2D eigenvalue weighted by Gasteiger charge is 2.76. The second kappa shape index (κ2) is 9.49. The number of anilines is 1. The first-order valence-corrected chi connectivity index (χ1v) is 10.1. The summed E-state index contributed by atoms with van der Waals surface area (Å²) in [6, 6.07) is 6.34. The van der Waals surface area contributed by atoms with Gasteiger partial charge in [0.1, 0.15) is 0 Å². The fourth-order valence-corrected chi connectivity index (χ4v) is 3.30. The summed E-state index contributed by atoms with van der Waals surface area (Å²) >= 11 is 1.39. The maximum absolute atomic E-state index is 13.5. The minimum absolute atomic E-state index is 0.145. The van der Waals surface area contributed by atoms with E-state index in [0.717, 1.165) is 17.0 Å². The third-order valence-corrected chi connectivity index (χ3v) is 5.58. The molecule has 0 fully saturated rings. The van der Waals surface area contributed by atoms with Gasteiger partial charge in [-0.2, -0.15) is 35.8 Å². The standard InChI is InChI=1S/C20H18F7N3O2S/c1-10(2)15-8-13(9-33-15)16(31)30-29-11(3)12-5-4-6-14(7-12)28-17(32)18(21,22)19(23,24)20(25,26)27/h4-10H,1-3H3,(H,28,32)(H,30,31)/b29-11+. The second-order valence-corrected chi connectivity index (χ2v) is 8.15. The molecular formula is C20H18F7N3O2S. The van der Waals surface area contributed by atoms with Gasteiger partial charge in [-0.25, -0.2) is 5.43 Å². The minimum atomic E-state index is -6.63. The molecule has 33 heavy (non-hydrogen) atoms. The molecule has 0 saturated heterocycles. The lowest BCUT2D eigenvalue weighted by Crippen LogP contribution is -2.57. The Morgan fingerprint density at radius 1 is 1.00 bits per heavy atom. The number of hydrogen-bond acceptors (Lipinski definition) is 4. The van der Waals surface area contributed by atoms with E-state index in [4.69, 9.17) is 0 Å². The van der Waals surface area contributed by atoms with E-state index >= 15 is 0 Å². The first-order chi connectivity index (χ1) is 15.1. The van der Waals surface area contributed by atoms with E-state index in [2.05, 4.69) is 10.5 Å². The lowest BCUT2D eigenvalue weighted by atomic mass is 10.1. The van der Waals surface area contributed by atoms with E-state index in [0.29, 0.717) is 5.56 Å². The number of halogens is 7. The summed E-state index contributed by atoms with van der Waals surface area (Å²) in [6.07, 6.45) is -6.63. The smallest absolute Gasteiger partial charge is 0.321 e. The lowest BCUT2D eigenvalue weighted by Gasteiger charge is -2.27. The molecule has 2 aromatic rings. The van der Waals surface area contributed by atoms with Crippen LogP contribution in [0.5, 0.6) is 0 Å². The van der Waals surface area contributed by atoms with Crippen LogP contribution >= 0.6 is 11.3 Å². The van der Waals surface area contributed by atoms with Gasteiger partial charge in [0.25, 0.3) is 5.91 Å². The molecule has 0 atom stereocenters. The Bertz CT molecular complexity index is 1060. The minimum Gasteiger partial charge on any atom is -0.321 e. The predicted octanol–water partition coefficient (Wildman–Crippen LogP) is 5.80. The van der Waals surface area contributed by atoms with Gasteiger partial charge in [0.2, 0.25) is 0 Å². The number of nitrogens with one attached hydrogen (secondary N) is 2. The zero-order chi connectivity index (χ0) is 25.2. The summed E-state index contributed by atoms with van der Waals surface area (Å²) < 4.78 is 89.8. The third-order valence-electron chi connectivity index (χ3n) is 4.35. The molecule has 180 valence electrons. The molecule has 0 aliphatic carbocycles. The van der Waals surface area contributed by atoms with Crippen LogP contribution in [0.25, 0.3) is 0 Å². The van der Waals surface area contributed by atoms with Gasteiger partial charge in [0.15, 0.2) is 0 Å². The highest BCUT2D eigenvalue weighted by molar-refractivity contribution is 7.10. The molecule has 1 aromatic carbocycles. The third kappa shape index (κ3) is 5.70. The highest BCUT2D eigenvalue weighted by Crippen LogP contribution is 2.46. The van der Waals surface area contributed by atoms with Crippen LogP contribution in [0.1, 0.15) is 47.5 Å².